The fourth-order valence-electron chi connectivity index (χ4n) is 8.60. The van der Waals surface area contributed by atoms with Gasteiger partial charge in [0.25, 0.3) is 0 Å². The van der Waals surface area contributed by atoms with Crippen molar-refractivity contribution in [2.75, 3.05) is 25.5 Å². The normalized spacial score (nSPS) is 22.7. The predicted molar refractivity (Wildman–Crippen MR) is 204 cm³/mol. The Kier molecular flexibility index (Phi) is 13.3. The van der Waals surface area contributed by atoms with E-state index in [0.29, 0.717) is 31.4 Å². The zero-order valence-corrected chi connectivity index (χ0v) is 32.8. The third kappa shape index (κ3) is 9.21. The quantitative estimate of drug-likeness (QED) is 0.106. The highest BCUT2D eigenvalue weighted by atomic mass is 16.2. The van der Waals surface area contributed by atoms with E-state index in [9.17, 15) is 28.8 Å². The molecule has 6 atom stereocenters. The van der Waals surface area contributed by atoms with E-state index in [4.69, 9.17) is 0 Å². The van der Waals surface area contributed by atoms with Crippen LogP contribution in [0.5, 0.6) is 0 Å². The maximum Gasteiger partial charge on any atom is 0.316 e. The van der Waals surface area contributed by atoms with E-state index in [-0.39, 0.29) is 53.5 Å². The molecule has 0 radical (unpaired) electrons. The molecule has 1 unspecified atom stereocenters. The van der Waals surface area contributed by atoms with Crippen LogP contribution in [0.15, 0.2) is 36.9 Å². The van der Waals surface area contributed by atoms with Crippen LogP contribution in [0.3, 0.4) is 0 Å². The van der Waals surface area contributed by atoms with E-state index in [0.717, 1.165) is 37.8 Å². The van der Waals surface area contributed by atoms with Crippen LogP contribution < -0.4 is 15.5 Å². The number of carbonyl (C=O) groups is 6. The topological polar surface area (TPSA) is 133 Å². The first kappa shape index (κ1) is 40.9. The lowest BCUT2D eigenvalue weighted by molar-refractivity contribution is -0.144. The fourth-order valence-corrected chi connectivity index (χ4v) is 8.60. The van der Waals surface area contributed by atoms with Crippen LogP contribution in [0.4, 0.5) is 10.5 Å². The molecule has 1 aromatic rings. The van der Waals surface area contributed by atoms with Crippen molar-refractivity contribution in [3.63, 3.8) is 0 Å². The maximum absolute atomic E-state index is 14.6. The standard InChI is InChI=1S/C42H62N4O6/c1-10-12-19-31(47)36(49)28(16-11-2)24-32(48)35-33-30(42(33,6)7)25-46(35)39(51)38(41(3,4)5)44-40(52)43-34(26-17-14-13-15-18-26)37(50)27-20-22-29(23-21-27)45(8)9/h10,20-23,26,28,30,33-35,38H,1,11-19,24-25H2,2-9H3,(H2,43,44,52)/t28?,30-,33-,34-,35+,38+/m0/s1. The molecular weight excluding hydrogens is 656 g/mol. The van der Waals surface area contributed by atoms with Gasteiger partial charge in [0, 0.05) is 50.7 Å². The summed E-state index contributed by atoms with van der Waals surface area (Å²) in [6, 6.07) is 4.28. The van der Waals surface area contributed by atoms with Crippen LogP contribution in [-0.4, -0.2) is 78.7 Å². The maximum atomic E-state index is 14.6. The van der Waals surface area contributed by atoms with Crippen molar-refractivity contribution in [3.8, 4) is 0 Å². The van der Waals surface area contributed by atoms with Crippen molar-refractivity contribution < 1.29 is 28.8 Å². The summed E-state index contributed by atoms with van der Waals surface area (Å²) in [7, 11) is 3.87. The van der Waals surface area contributed by atoms with Crippen molar-refractivity contribution in [3.05, 3.63) is 42.5 Å². The van der Waals surface area contributed by atoms with Gasteiger partial charge in [0.1, 0.15) is 6.04 Å². The number of Topliss-reactive ketones (excluding diaryl/α,β-unsaturated/α-hetero) is 4. The van der Waals surface area contributed by atoms with Gasteiger partial charge in [-0.05, 0) is 78.5 Å². The van der Waals surface area contributed by atoms with Crippen molar-refractivity contribution >= 4 is 40.8 Å². The number of urea groups is 1. The number of ketones is 4. The molecule has 0 aromatic heterocycles. The Labute approximate surface area is 310 Å². The van der Waals surface area contributed by atoms with Crippen LogP contribution in [0.2, 0.25) is 0 Å². The number of likely N-dealkylation sites (tertiary alicyclic amines) is 1. The molecular formula is C42H62N4O6. The smallest absolute Gasteiger partial charge is 0.316 e. The van der Waals surface area contributed by atoms with E-state index in [1.807, 2.05) is 58.8 Å². The van der Waals surface area contributed by atoms with Gasteiger partial charge in [-0.15, -0.1) is 6.58 Å². The highest BCUT2D eigenvalue weighted by molar-refractivity contribution is 6.38. The largest absolute Gasteiger partial charge is 0.378 e. The number of hydrogen-bond acceptors (Lipinski definition) is 7. The average Bonchev–Trinajstić information content (AvgIpc) is 3.40. The van der Waals surface area contributed by atoms with Gasteiger partial charge in [-0.2, -0.15) is 0 Å². The third-order valence-electron chi connectivity index (χ3n) is 11.9. The second-order valence-corrected chi connectivity index (χ2v) is 17.3. The van der Waals surface area contributed by atoms with Gasteiger partial charge in [0.05, 0.1) is 12.1 Å². The molecule has 0 spiro atoms. The predicted octanol–water partition coefficient (Wildman–Crippen LogP) is 6.56. The highest BCUT2D eigenvalue weighted by Crippen LogP contribution is 2.65. The molecule has 4 rings (SSSR count). The molecule has 1 heterocycles. The minimum absolute atomic E-state index is 0.0262. The Bertz CT molecular complexity index is 1500. The highest BCUT2D eigenvalue weighted by Gasteiger charge is 2.69. The minimum Gasteiger partial charge on any atom is -0.378 e. The minimum atomic E-state index is -0.988. The molecule has 286 valence electrons. The van der Waals surface area contributed by atoms with Crippen molar-refractivity contribution in [1.29, 1.82) is 0 Å². The fraction of sp³-hybridized carbons (Fsp3) is 0.667. The molecule has 10 heteroatoms. The van der Waals surface area contributed by atoms with Gasteiger partial charge in [0.15, 0.2) is 17.3 Å². The summed E-state index contributed by atoms with van der Waals surface area (Å²) in [5, 5.41) is 5.93. The second kappa shape index (κ2) is 16.9. The summed E-state index contributed by atoms with van der Waals surface area (Å²) in [5.74, 6) is -2.46. The number of nitrogens with zero attached hydrogens (tertiary/aromatic N) is 2. The van der Waals surface area contributed by atoms with Gasteiger partial charge in [-0.1, -0.05) is 73.3 Å². The van der Waals surface area contributed by atoms with Crippen LogP contribution in [0.25, 0.3) is 0 Å². The van der Waals surface area contributed by atoms with Crippen LogP contribution in [-0.2, 0) is 19.2 Å². The van der Waals surface area contributed by atoms with Gasteiger partial charge >= 0.3 is 6.03 Å². The summed E-state index contributed by atoms with van der Waals surface area (Å²) in [6.07, 6.45) is 7.72. The van der Waals surface area contributed by atoms with Gasteiger partial charge in [-0.25, -0.2) is 4.79 Å². The Balaban J connectivity index is 1.55. The average molecular weight is 719 g/mol. The molecule has 1 aliphatic heterocycles. The number of piperidine rings is 1. The lowest BCUT2D eigenvalue weighted by Crippen LogP contribution is -2.61. The van der Waals surface area contributed by atoms with Gasteiger partial charge in [0.2, 0.25) is 11.7 Å². The van der Waals surface area contributed by atoms with Gasteiger partial charge < -0.3 is 20.4 Å². The molecule has 1 saturated heterocycles. The number of anilines is 1. The number of fused-ring (bicyclic) bond motifs is 1. The van der Waals surface area contributed by atoms with Crippen LogP contribution in [0.1, 0.15) is 116 Å². The number of rotatable bonds is 17. The Morgan fingerprint density at radius 3 is 2.19 bits per heavy atom. The number of nitrogens with one attached hydrogen (secondary N) is 2. The first-order valence-electron chi connectivity index (χ1n) is 19.3. The summed E-state index contributed by atoms with van der Waals surface area (Å²) in [5.41, 5.74) is 0.607. The zero-order valence-electron chi connectivity index (χ0n) is 32.8. The molecule has 1 aromatic carbocycles. The molecule has 2 N–H and O–H groups in total. The number of amides is 3. The van der Waals surface area contributed by atoms with Crippen molar-refractivity contribution in [2.24, 2.45) is 34.5 Å². The van der Waals surface area contributed by atoms with Crippen molar-refractivity contribution in [1.82, 2.24) is 15.5 Å². The van der Waals surface area contributed by atoms with E-state index < -0.39 is 47.1 Å². The molecule has 3 amide bonds. The van der Waals surface area contributed by atoms with E-state index >= 15 is 0 Å². The molecule has 10 nitrogen and oxygen atoms in total. The summed E-state index contributed by atoms with van der Waals surface area (Å²) in [4.78, 5) is 86.0. The zero-order chi connectivity index (χ0) is 38.5. The van der Waals surface area contributed by atoms with E-state index in [2.05, 4.69) is 31.1 Å². The number of allylic oxidation sites excluding steroid dienone is 1. The van der Waals surface area contributed by atoms with E-state index in [1.165, 1.54) is 0 Å². The Hall–Kier alpha value is -3.82. The first-order chi connectivity index (χ1) is 24.4. The number of hydrogen-bond donors (Lipinski definition) is 2. The molecule has 52 heavy (non-hydrogen) atoms. The van der Waals surface area contributed by atoms with E-state index in [1.54, 1.807) is 23.1 Å². The lowest BCUT2D eigenvalue weighted by atomic mass is 9.81. The molecule has 0 bridgehead atoms. The third-order valence-corrected chi connectivity index (χ3v) is 11.9. The molecule has 2 aliphatic carbocycles. The van der Waals surface area contributed by atoms with Crippen LogP contribution >= 0.6 is 0 Å². The first-order valence-corrected chi connectivity index (χ1v) is 19.3. The second-order valence-electron chi connectivity index (χ2n) is 17.3. The summed E-state index contributed by atoms with van der Waals surface area (Å²) < 4.78 is 0. The Morgan fingerprint density at radius 2 is 1.63 bits per heavy atom. The van der Waals surface area contributed by atoms with Gasteiger partial charge in [-0.3, -0.25) is 24.0 Å². The molecule has 2 saturated carbocycles. The molecule has 3 aliphatic rings. The Morgan fingerprint density at radius 1 is 1.00 bits per heavy atom. The van der Waals surface area contributed by atoms with Crippen LogP contribution in [0, 0.1) is 34.5 Å². The SMILES string of the molecule is C=CCCC(=O)C(=O)C(CCC)CC(=O)[C@@H]1[C@@H]2[C@H](CN1C(=O)[C@@H](NC(=O)N[C@H](C(=O)c1ccc(N(C)C)cc1)C1CCCCC1)C(C)(C)C)C2(C)C. The monoisotopic (exact) mass is 718 g/mol. The summed E-state index contributed by atoms with van der Waals surface area (Å²) >= 11 is 0. The number of benzene rings is 1. The van der Waals surface area contributed by atoms with Crippen molar-refractivity contribution in [2.45, 2.75) is 124 Å². The lowest BCUT2D eigenvalue weighted by Gasteiger charge is -2.38. The molecule has 3 fully saturated rings. The summed E-state index contributed by atoms with van der Waals surface area (Å²) in [6.45, 7) is 15.7. The number of carbonyl (C=O) groups excluding carboxylic acids is 6.